The largest absolute Gasteiger partial charge is 0.372 e. The zero-order valence-electron chi connectivity index (χ0n) is 17.5. The van der Waals surface area contributed by atoms with E-state index < -0.39 is 5.82 Å². The van der Waals surface area contributed by atoms with Gasteiger partial charge in [0.15, 0.2) is 0 Å². The smallest absolute Gasteiger partial charge is 0.253 e. The Balaban J connectivity index is 1.62. The summed E-state index contributed by atoms with van der Waals surface area (Å²) in [5.41, 5.74) is 12.0. The number of likely N-dealkylation sites (tertiary alicyclic amines) is 1. The average molecular weight is 427 g/mol. The van der Waals surface area contributed by atoms with Crippen molar-refractivity contribution in [3.63, 3.8) is 0 Å². The molecular weight excluding hydrogens is 405 g/mol. The molecule has 1 fully saturated rings. The van der Waals surface area contributed by atoms with Gasteiger partial charge in [0.2, 0.25) is 0 Å². The van der Waals surface area contributed by atoms with E-state index in [4.69, 9.17) is 15.7 Å². The quantitative estimate of drug-likeness (QED) is 0.678. The lowest BCUT2D eigenvalue weighted by molar-refractivity contribution is 0.0791. The summed E-state index contributed by atoms with van der Waals surface area (Å²) in [6, 6.07) is 18.1. The summed E-state index contributed by atoms with van der Waals surface area (Å²) in [5, 5.41) is 9.10. The van der Waals surface area contributed by atoms with E-state index in [0.717, 1.165) is 34.2 Å². The number of nitrogens with zero attached hydrogens (tertiary/aromatic N) is 2. The maximum Gasteiger partial charge on any atom is 0.253 e. The van der Waals surface area contributed by atoms with Crippen molar-refractivity contribution in [1.29, 1.82) is 5.26 Å². The lowest BCUT2D eigenvalue weighted by atomic mass is 9.90. The van der Waals surface area contributed by atoms with Crippen LogP contribution in [-0.2, 0) is 18.0 Å². The van der Waals surface area contributed by atoms with Crippen molar-refractivity contribution in [2.24, 2.45) is 5.73 Å². The van der Waals surface area contributed by atoms with Crippen molar-refractivity contribution >= 4 is 5.91 Å². The number of halogens is 1. The predicted octanol–water partition coefficient (Wildman–Crippen LogP) is 4.23. The van der Waals surface area contributed by atoms with Gasteiger partial charge in [0, 0.05) is 24.7 Å². The van der Waals surface area contributed by atoms with Gasteiger partial charge in [0.25, 0.3) is 5.91 Å². The van der Waals surface area contributed by atoms with Crippen molar-refractivity contribution in [1.82, 2.24) is 4.90 Å². The highest BCUT2D eigenvalue weighted by molar-refractivity contribution is 5.98. The first-order valence-corrected chi connectivity index (χ1v) is 10.6. The first-order valence-electron chi connectivity index (χ1n) is 10.6. The second-order valence-corrected chi connectivity index (χ2v) is 8.34. The van der Waals surface area contributed by atoms with E-state index in [1.54, 1.807) is 11.0 Å². The van der Waals surface area contributed by atoms with Gasteiger partial charge in [0.1, 0.15) is 11.9 Å². The molecule has 3 aromatic carbocycles. The summed E-state index contributed by atoms with van der Waals surface area (Å²) in [7, 11) is 0. The number of carbonyl (C=O) groups excluding carboxylic acids is 1. The van der Waals surface area contributed by atoms with E-state index in [-0.39, 0.29) is 17.5 Å². The topological polar surface area (TPSA) is 79.4 Å². The first-order chi connectivity index (χ1) is 15.5. The van der Waals surface area contributed by atoms with Crippen LogP contribution in [0.2, 0.25) is 0 Å². The maximum absolute atomic E-state index is 14.5. The molecule has 1 unspecified atom stereocenters. The van der Waals surface area contributed by atoms with Crippen molar-refractivity contribution in [2.45, 2.75) is 25.7 Å². The van der Waals surface area contributed by atoms with Crippen molar-refractivity contribution in [3.05, 3.63) is 82.7 Å². The molecule has 6 heteroatoms. The lowest BCUT2D eigenvalue weighted by Gasteiger charge is -2.18. The average Bonchev–Trinajstić information content (AvgIpc) is 3.46. The fourth-order valence-electron chi connectivity index (χ4n) is 4.44. The fraction of sp³-hybridized carbons (Fsp3) is 0.231. The number of hydrogen-bond acceptors (Lipinski definition) is 4. The van der Waals surface area contributed by atoms with Gasteiger partial charge in [-0.3, -0.25) is 4.79 Å². The molecule has 1 amide bonds. The van der Waals surface area contributed by atoms with E-state index >= 15 is 0 Å². The van der Waals surface area contributed by atoms with E-state index in [9.17, 15) is 9.18 Å². The van der Waals surface area contributed by atoms with Gasteiger partial charge < -0.3 is 15.4 Å². The Kier molecular flexibility index (Phi) is 5.22. The molecule has 0 aromatic heterocycles. The zero-order valence-corrected chi connectivity index (χ0v) is 17.5. The molecule has 0 bridgehead atoms. The summed E-state index contributed by atoms with van der Waals surface area (Å²) in [6.07, 6.45) is 0.786. The molecule has 0 aliphatic carbocycles. The van der Waals surface area contributed by atoms with Gasteiger partial charge in [-0.15, -0.1) is 0 Å². The molecule has 2 aliphatic rings. The monoisotopic (exact) mass is 427 g/mol. The number of rotatable bonds is 3. The summed E-state index contributed by atoms with van der Waals surface area (Å²) >= 11 is 0. The molecule has 5 nitrogen and oxygen atoms in total. The Hall–Kier alpha value is -3.53. The first kappa shape index (κ1) is 20.4. The normalized spacial score (nSPS) is 17.3. The number of benzene rings is 3. The fourth-order valence-corrected chi connectivity index (χ4v) is 4.44. The molecule has 2 heterocycles. The van der Waals surface area contributed by atoms with Crippen LogP contribution in [0.5, 0.6) is 0 Å². The second-order valence-electron chi connectivity index (χ2n) is 8.34. The Morgan fingerprint density at radius 3 is 2.56 bits per heavy atom. The van der Waals surface area contributed by atoms with Crippen molar-refractivity contribution in [2.75, 3.05) is 13.1 Å². The van der Waals surface area contributed by atoms with Crippen LogP contribution < -0.4 is 5.73 Å². The minimum atomic E-state index is -0.583. The third kappa shape index (κ3) is 3.66. The number of fused-ring (bicyclic) bond motifs is 1. The number of ether oxygens (including phenoxy) is 1. The number of nitriles is 1. The zero-order chi connectivity index (χ0) is 22.2. The molecule has 32 heavy (non-hydrogen) atoms. The van der Waals surface area contributed by atoms with Crippen molar-refractivity contribution in [3.8, 4) is 28.3 Å². The van der Waals surface area contributed by atoms with Crippen LogP contribution in [0.25, 0.3) is 22.3 Å². The molecule has 3 aromatic rings. The SMILES string of the molecule is N#Cc1ccc(-c2cc(C(=O)N3CCC(N)C3)ccc2-c2ccc3c(c2)COC3)cc1F. The number of amides is 1. The number of nitrogens with two attached hydrogens (primary N) is 1. The summed E-state index contributed by atoms with van der Waals surface area (Å²) in [4.78, 5) is 14.8. The van der Waals surface area contributed by atoms with Gasteiger partial charge >= 0.3 is 0 Å². The van der Waals surface area contributed by atoms with Gasteiger partial charge in [-0.2, -0.15) is 5.26 Å². The van der Waals surface area contributed by atoms with E-state index in [1.165, 1.54) is 12.1 Å². The molecular formula is C26H22FN3O2. The van der Waals surface area contributed by atoms with Crippen LogP contribution >= 0.6 is 0 Å². The summed E-state index contributed by atoms with van der Waals surface area (Å²) in [6.45, 7) is 2.34. The molecule has 160 valence electrons. The molecule has 2 aliphatic heterocycles. The third-order valence-corrected chi connectivity index (χ3v) is 6.21. The Labute approximate surface area is 185 Å². The molecule has 0 radical (unpaired) electrons. The molecule has 0 saturated carbocycles. The van der Waals surface area contributed by atoms with Gasteiger partial charge in [-0.05, 0) is 70.1 Å². The minimum absolute atomic E-state index is 0.000974. The standard InChI is InChI=1S/C26H22FN3O2/c27-25-11-17(1-3-19(25)12-28)24-10-18(26(31)30-8-7-22(29)13-30)5-6-23(24)16-2-4-20-14-32-15-21(20)9-16/h1-6,9-11,22H,7-8,13-15,29H2. The third-order valence-electron chi connectivity index (χ3n) is 6.21. The molecule has 1 saturated heterocycles. The number of hydrogen-bond donors (Lipinski definition) is 1. The maximum atomic E-state index is 14.5. The molecule has 1 atom stereocenters. The Morgan fingerprint density at radius 1 is 1.03 bits per heavy atom. The van der Waals surface area contributed by atoms with E-state index in [2.05, 4.69) is 6.07 Å². The lowest BCUT2D eigenvalue weighted by Crippen LogP contribution is -2.31. The van der Waals surface area contributed by atoms with E-state index in [0.29, 0.717) is 37.4 Å². The Bertz CT molecular complexity index is 1260. The van der Waals surface area contributed by atoms with Gasteiger partial charge in [-0.25, -0.2) is 4.39 Å². The highest BCUT2D eigenvalue weighted by Crippen LogP contribution is 2.36. The van der Waals surface area contributed by atoms with Gasteiger partial charge in [-0.1, -0.05) is 24.3 Å². The second kappa shape index (κ2) is 8.19. The van der Waals surface area contributed by atoms with Crippen LogP contribution in [0.4, 0.5) is 4.39 Å². The van der Waals surface area contributed by atoms with Gasteiger partial charge in [0.05, 0.1) is 18.8 Å². The molecule has 0 spiro atoms. The molecule has 5 rings (SSSR count). The van der Waals surface area contributed by atoms with E-state index in [1.807, 2.05) is 36.4 Å². The Morgan fingerprint density at radius 2 is 1.81 bits per heavy atom. The highest BCUT2D eigenvalue weighted by Gasteiger charge is 2.25. The van der Waals surface area contributed by atoms with Crippen LogP contribution in [0.1, 0.15) is 33.5 Å². The summed E-state index contributed by atoms with van der Waals surface area (Å²) < 4.78 is 20.0. The number of carbonyl (C=O) groups is 1. The van der Waals surface area contributed by atoms with Crippen molar-refractivity contribution < 1.29 is 13.9 Å². The van der Waals surface area contributed by atoms with Crippen LogP contribution in [0, 0.1) is 17.1 Å². The minimum Gasteiger partial charge on any atom is -0.372 e. The molecule has 2 N–H and O–H groups in total. The highest BCUT2D eigenvalue weighted by atomic mass is 19.1. The summed E-state index contributed by atoms with van der Waals surface area (Å²) in [5.74, 6) is -0.664. The predicted molar refractivity (Wildman–Crippen MR) is 119 cm³/mol. The van der Waals surface area contributed by atoms with Crippen LogP contribution in [-0.4, -0.2) is 29.9 Å². The van der Waals surface area contributed by atoms with Crippen LogP contribution in [0.3, 0.4) is 0 Å². The van der Waals surface area contributed by atoms with Crippen LogP contribution in [0.15, 0.2) is 54.6 Å².